The van der Waals surface area contributed by atoms with E-state index in [2.05, 4.69) is 15.4 Å². The van der Waals surface area contributed by atoms with Crippen molar-refractivity contribution in [2.24, 2.45) is 0 Å². The number of nitrogens with one attached hydrogen (secondary N) is 1. The fourth-order valence-electron chi connectivity index (χ4n) is 2.68. The predicted molar refractivity (Wildman–Crippen MR) is 96.5 cm³/mol. The zero-order chi connectivity index (χ0) is 19.1. The van der Waals surface area contributed by atoms with Gasteiger partial charge in [0.05, 0.1) is 5.56 Å². The number of fused-ring (bicyclic) bond motifs is 1. The number of alkyl halides is 3. The second kappa shape index (κ2) is 6.79. The van der Waals surface area contributed by atoms with Gasteiger partial charge >= 0.3 is 6.18 Å². The van der Waals surface area contributed by atoms with Gasteiger partial charge in [0.15, 0.2) is 11.3 Å². The van der Waals surface area contributed by atoms with Crippen molar-refractivity contribution >= 4 is 23.1 Å². The first-order chi connectivity index (χ1) is 12.2. The first-order valence-corrected chi connectivity index (χ1v) is 8.58. The van der Waals surface area contributed by atoms with Crippen molar-refractivity contribution in [3.63, 3.8) is 0 Å². The Hall–Kier alpha value is -2.28. The van der Waals surface area contributed by atoms with Gasteiger partial charge in [0, 0.05) is 22.8 Å². The van der Waals surface area contributed by atoms with Crippen LogP contribution in [0.1, 0.15) is 31.7 Å². The summed E-state index contributed by atoms with van der Waals surface area (Å²) in [6, 6.07) is 7.96. The molecule has 1 N–H and O–H groups in total. The van der Waals surface area contributed by atoms with E-state index in [1.54, 1.807) is 37.3 Å². The van der Waals surface area contributed by atoms with Crippen LogP contribution in [0.3, 0.4) is 0 Å². The van der Waals surface area contributed by atoms with Gasteiger partial charge in [0.25, 0.3) is 0 Å². The summed E-state index contributed by atoms with van der Waals surface area (Å²) in [6.45, 7) is 5.69. The van der Waals surface area contributed by atoms with E-state index in [1.807, 2.05) is 13.8 Å². The molecule has 0 bridgehead atoms. The summed E-state index contributed by atoms with van der Waals surface area (Å²) >= 11 is 5.88. The zero-order valence-corrected chi connectivity index (χ0v) is 15.3. The number of benzene rings is 1. The van der Waals surface area contributed by atoms with Gasteiger partial charge in [-0.1, -0.05) is 30.7 Å². The monoisotopic (exact) mass is 382 g/mol. The Bertz CT molecular complexity index is 932. The van der Waals surface area contributed by atoms with Crippen LogP contribution in [0.5, 0.6) is 0 Å². The first kappa shape index (κ1) is 18.5. The highest BCUT2D eigenvalue weighted by atomic mass is 35.5. The quantitative estimate of drug-likeness (QED) is 0.639. The van der Waals surface area contributed by atoms with Crippen LogP contribution in [0, 0.1) is 6.92 Å². The van der Waals surface area contributed by atoms with Gasteiger partial charge < -0.3 is 5.32 Å². The maximum absolute atomic E-state index is 13.7. The third-order valence-corrected chi connectivity index (χ3v) is 4.38. The normalized spacial score (nSPS) is 13.2. The van der Waals surface area contributed by atoms with Gasteiger partial charge in [-0.25, -0.2) is 4.98 Å². The summed E-state index contributed by atoms with van der Waals surface area (Å²) in [5, 5.41) is 7.49. The van der Waals surface area contributed by atoms with Gasteiger partial charge in [0.1, 0.15) is 5.82 Å². The minimum Gasteiger partial charge on any atom is -0.367 e. The molecule has 0 radical (unpaired) electrons. The lowest BCUT2D eigenvalue weighted by Gasteiger charge is -2.14. The van der Waals surface area contributed by atoms with Crippen molar-refractivity contribution in [1.29, 1.82) is 0 Å². The molecule has 0 saturated carbocycles. The lowest BCUT2D eigenvalue weighted by molar-refractivity contribution is -0.140. The molecule has 0 amide bonds. The summed E-state index contributed by atoms with van der Waals surface area (Å²) in [7, 11) is 0. The minimum atomic E-state index is -4.61. The molecule has 0 saturated heterocycles. The van der Waals surface area contributed by atoms with Crippen LogP contribution in [-0.2, 0) is 6.18 Å². The number of aromatic nitrogens is 3. The molecular formula is C18H18ClF3N4. The molecule has 26 heavy (non-hydrogen) atoms. The average molecular weight is 383 g/mol. The van der Waals surface area contributed by atoms with Crippen molar-refractivity contribution in [3.05, 3.63) is 46.7 Å². The molecule has 1 atom stereocenters. The molecule has 2 heterocycles. The maximum atomic E-state index is 13.7. The lowest BCUT2D eigenvalue weighted by Crippen LogP contribution is -2.17. The Morgan fingerprint density at radius 2 is 1.88 bits per heavy atom. The average Bonchev–Trinajstić information content (AvgIpc) is 2.95. The topological polar surface area (TPSA) is 42.2 Å². The molecular weight excluding hydrogens is 365 g/mol. The van der Waals surface area contributed by atoms with Gasteiger partial charge in [-0.3, -0.25) is 0 Å². The summed E-state index contributed by atoms with van der Waals surface area (Å²) in [6.07, 6.45) is -3.79. The standard InChI is InChI=1S/C18H18ClF3N4/c1-4-10(2)23-14-9-11(3)24-17-15(12-5-7-13(19)8-6-12)16(18(20,21)22)25-26(14)17/h5-10,23H,4H2,1-3H3/t10-/m1/s1. The summed E-state index contributed by atoms with van der Waals surface area (Å²) in [4.78, 5) is 4.33. The van der Waals surface area contributed by atoms with Gasteiger partial charge in [-0.15, -0.1) is 0 Å². The van der Waals surface area contributed by atoms with E-state index in [4.69, 9.17) is 11.6 Å². The number of hydrogen-bond acceptors (Lipinski definition) is 3. The van der Waals surface area contributed by atoms with Crippen LogP contribution >= 0.6 is 11.6 Å². The summed E-state index contributed by atoms with van der Waals surface area (Å²) in [5.74, 6) is 0.479. The van der Waals surface area contributed by atoms with E-state index in [1.165, 1.54) is 4.52 Å². The van der Waals surface area contributed by atoms with Gasteiger partial charge in [-0.05, 0) is 38.0 Å². The van der Waals surface area contributed by atoms with Crippen molar-refractivity contribution in [1.82, 2.24) is 14.6 Å². The molecule has 0 aliphatic heterocycles. The van der Waals surface area contributed by atoms with Crippen molar-refractivity contribution in [2.45, 2.75) is 39.4 Å². The smallest absolute Gasteiger partial charge is 0.367 e. The Morgan fingerprint density at radius 3 is 2.46 bits per heavy atom. The maximum Gasteiger partial charge on any atom is 0.435 e. The fourth-order valence-corrected chi connectivity index (χ4v) is 2.80. The van der Waals surface area contributed by atoms with E-state index < -0.39 is 11.9 Å². The summed E-state index contributed by atoms with van der Waals surface area (Å²) in [5.41, 5.74) is 0.108. The van der Waals surface area contributed by atoms with Crippen LogP contribution in [0.2, 0.25) is 5.02 Å². The third-order valence-electron chi connectivity index (χ3n) is 4.13. The van der Waals surface area contributed by atoms with Gasteiger partial charge in [0.2, 0.25) is 0 Å². The molecule has 0 aliphatic carbocycles. The molecule has 2 aromatic heterocycles. The van der Waals surface area contributed by atoms with Crippen LogP contribution < -0.4 is 5.32 Å². The number of anilines is 1. The molecule has 138 valence electrons. The lowest BCUT2D eigenvalue weighted by atomic mass is 10.1. The number of aryl methyl sites for hydroxylation is 1. The molecule has 0 spiro atoms. The molecule has 4 nitrogen and oxygen atoms in total. The largest absolute Gasteiger partial charge is 0.435 e. The van der Waals surface area contributed by atoms with E-state index in [-0.39, 0.29) is 17.3 Å². The highest BCUT2D eigenvalue weighted by molar-refractivity contribution is 6.30. The number of rotatable bonds is 4. The molecule has 0 aliphatic rings. The van der Waals surface area contributed by atoms with Crippen molar-refractivity contribution < 1.29 is 13.2 Å². The van der Waals surface area contributed by atoms with Crippen LogP contribution in [0.25, 0.3) is 16.8 Å². The second-order valence-electron chi connectivity index (χ2n) is 6.20. The zero-order valence-electron chi connectivity index (χ0n) is 14.5. The van der Waals surface area contributed by atoms with E-state index >= 15 is 0 Å². The Balaban J connectivity index is 2.32. The highest BCUT2D eigenvalue weighted by Crippen LogP contribution is 2.39. The number of nitrogens with zero attached hydrogens (tertiary/aromatic N) is 3. The Morgan fingerprint density at radius 1 is 1.23 bits per heavy atom. The molecule has 0 unspecified atom stereocenters. The van der Waals surface area contributed by atoms with E-state index in [0.29, 0.717) is 22.1 Å². The van der Waals surface area contributed by atoms with Crippen molar-refractivity contribution in [3.8, 4) is 11.1 Å². The predicted octanol–water partition coefficient (Wildman–Crippen LogP) is 5.59. The Kier molecular flexibility index (Phi) is 4.84. The first-order valence-electron chi connectivity index (χ1n) is 8.20. The summed E-state index contributed by atoms with van der Waals surface area (Å²) < 4.78 is 42.2. The fraction of sp³-hybridized carbons (Fsp3) is 0.333. The molecule has 3 aromatic rings. The molecule has 8 heteroatoms. The van der Waals surface area contributed by atoms with Crippen LogP contribution in [0.4, 0.5) is 19.0 Å². The molecule has 3 rings (SSSR count). The highest BCUT2D eigenvalue weighted by Gasteiger charge is 2.39. The molecule has 1 aromatic carbocycles. The number of hydrogen-bond donors (Lipinski definition) is 1. The van der Waals surface area contributed by atoms with Crippen LogP contribution in [-0.4, -0.2) is 20.6 Å². The Labute approximate surface area is 154 Å². The van der Waals surface area contributed by atoms with Crippen LogP contribution in [0.15, 0.2) is 30.3 Å². The minimum absolute atomic E-state index is 0.0509. The van der Waals surface area contributed by atoms with E-state index in [9.17, 15) is 13.2 Å². The van der Waals surface area contributed by atoms with Gasteiger partial charge in [-0.2, -0.15) is 22.8 Å². The van der Waals surface area contributed by atoms with Crippen molar-refractivity contribution in [2.75, 3.05) is 5.32 Å². The third kappa shape index (κ3) is 3.49. The number of halogens is 4. The second-order valence-corrected chi connectivity index (χ2v) is 6.64. The molecule has 0 fully saturated rings. The van der Waals surface area contributed by atoms with E-state index in [0.717, 1.165) is 6.42 Å². The SMILES string of the molecule is CC[C@@H](C)Nc1cc(C)nc2c(-c3ccc(Cl)cc3)c(C(F)(F)F)nn12.